The van der Waals surface area contributed by atoms with Gasteiger partial charge in [-0.15, -0.1) is 0 Å². The van der Waals surface area contributed by atoms with E-state index in [1.807, 2.05) is 18.2 Å². The van der Waals surface area contributed by atoms with Gasteiger partial charge < -0.3 is 10.4 Å². The van der Waals surface area contributed by atoms with Crippen LogP contribution in [0.1, 0.15) is 47.5 Å². The molecule has 1 aromatic rings. The Bertz CT molecular complexity index is 492. The van der Waals surface area contributed by atoms with E-state index in [-0.39, 0.29) is 17.9 Å². The van der Waals surface area contributed by atoms with Crippen molar-refractivity contribution in [1.82, 2.24) is 0 Å². The van der Waals surface area contributed by atoms with E-state index in [1.54, 1.807) is 0 Å². The lowest BCUT2D eigenvalue weighted by molar-refractivity contribution is -0.000926. The van der Waals surface area contributed by atoms with Crippen molar-refractivity contribution in [3.05, 3.63) is 23.2 Å². The Labute approximate surface area is 128 Å². The second-order valence-corrected chi connectivity index (χ2v) is 7.82. The number of anilines is 1. The molecule has 2 N–H and O–H groups in total. The van der Waals surface area contributed by atoms with Crippen molar-refractivity contribution in [2.75, 3.05) is 5.73 Å². The molecule has 110 valence electrons. The van der Waals surface area contributed by atoms with Gasteiger partial charge in [-0.2, -0.15) is 0 Å². The van der Waals surface area contributed by atoms with Crippen molar-refractivity contribution >= 4 is 29.7 Å². The van der Waals surface area contributed by atoms with Crippen LogP contribution in [-0.4, -0.2) is 12.5 Å². The van der Waals surface area contributed by atoms with Crippen LogP contribution in [0.4, 0.5) is 5.69 Å². The van der Waals surface area contributed by atoms with E-state index in [2.05, 4.69) is 34.6 Å². The van der Waals surface area contributed by atoms with Gasteiger partial charge in [-0.3, -0.25) is 0 Å². The van der Waals surface area contributed by atoms with E-state index < -0.39 is 0 Å². The molecule has 0 aliphatic heterocycles. The zero-order valence-electron chi connectivity index (χ0n) is 13.2. The molecular formula is C16H25BClNO. The predicted octanol–water partition coefficient (Wildman–Crippen LogP) is 4.13. The van der Waals surface area contributed by atoms with Crippen LogP contribution in [-0.2, 0) is 4.65 Å². The van der Waals surface area contributed by atoms with Gasteiger partial charge in [0.25, 0.3) is 0 Å². The molecule has 0 heterocycles. The number of nitrogen functional groups attached to an aromatic ring is 1. The molecule has 0 bridgehead atoms. The second-order valence-electron chi connectivity index (χ2n) is 7.42. The fraction of sp³-hybridized carbons (Fsp3) is 0.625. The zero-order valence-corrected chi connectivity index (χ0v) is 13.9. The molecule has 2 rings (SSSR count). The van der Waals surface area contributed by atoms with Gasteiger partial charge in [0.2, 0.25) is 0 Å². The van der Waals surface area contributed by atoms with Gasteiger partial charge in [-0.25, -0.2) is 0 Å². The Morgan fingerprint density at radius 2 is 1.80 bits per heavy atom. The third kappa shape index (κ3) is 3.32. The molecule has 4 heteroatoms. The van der Waals surface area contributed by atoms with Gasteiger partial charge in [0.15, 0.2) is 0 Å². The van der Waals surface area contributed by atoms with Gasteiger partial charge >= 0.3 is 6.92 Å². The summed E-state index contributed by atoms with van der Waals surface area (Å²) >= 11 is 6.16. The summed E-state index contributed by atoms with van der Waals surface area (Å²) in [4.78, 5) is 0. The van der Waals surface area contributed by atoms with Crippen LogP contribution >= 0.6 is 11.6 Å². The van der Waals surface area contributed by atoms with Crippen LogP contribution in [0.3, 0.4) is 0 Å². The molecule has 0 saturated heterocycles. The molecule has 0 amide bonds. The van der Waals surface area contributed by atoms with Crippen molar-refractivity contribution in [2.45, 2.75) is 58.9 Å². The van der Waals surface area contributed by atoms with Crippen LogP contribution in [0.5, 0.6) is 0 Å². The second kappa shape index (κ2) is 5.27. The van der Waals surface area contributed by atoms with E-state index in [1.165, 1.54) is 12.8 Å². The molecule has 0 unspecified atom stereocenters. The first-order valence-corrected chi connectivity index (χ1v) is 7.72. The maximum atomic E-state index is 6.51. The van der Waals surface area contributed by atoms with E-state index >= 15 is 0 Å². The predicted molar refractivity (Wildman–Crippen MR) is 88.9 cm³/mol. The highest BCUT2D eigenvalue weighted by molar-refractivity contribution is 6.70. The highest BCUT2D eigenvalue weighted by atomic mass is 35.5. The summed E-state index contributed by atoms with van der Waals surface area (Å²) in [5, 5.41) is 0.616. The number of hydrogen-bond acceptors (Lipinski definition) is 2. The molecule has 0 radical (unpaired) electrons. The Kier molecular flexibility index (Phi) is 4.14. The normalized spacial score (nSPS) is 16.3. The largest absolute Gasteiger partial charge is 0.425 e. The summed E-state index contributed by atoms with van der Waals surface area (Å²) in [6, 6.07) is 5.88. The highest BCUT2D eigenvalue weighted by Crippen LogP contribution is 2.43. The third-order valence-electron chi connectivity index (χ3n) is 4.63. The Morgan fingerprint density at radius 3 is 2.25 bits per heavy atom. The van der Waals surface area contributed by atoms with Gasteiger partial charge in [0, 0.05) is 0 Å². The van der Waals surface area contributed by atoms with E-state index in [9.17, 15) is 0 Å². The minimum Gasteiger partial charge on any atom is -0.425 e. The Morgan fingerprint density at radius 1 is 1.20 bits per heavy atom. The molecule has 0 spiro atoms. The number of benzene rings is 1. The molecule has 1 aliphatic rings. The van der Waals surface area contributed by atoms with Crippen molar-refractivity contribution in [1.29, 1.82) is 0 Å². The van der Waals surface area contributed by atoms with Gasteiger partial charge in [0.05, 0.1) is 16.3 Å². The lowest BCUT2D eigenvalue weighted by Gasteiger charge is -2.41. The minimum atomic E-state index is -0.200. The van der Waals surface area contributed by atoms with Crippen LogP contribution < -0.4 is 11.2 Å². The monoisotopic (exact) mass is 293 g/mol. The fourth-order valence-corrected chi connectivity index (χ4v) is 2.24. The number of hydrogen-bond donors (Lipinski definition) is 1. The molecular weight excluding hydrogens is 268 g/mol. The van der Waals surface area contributed by atoms with Crippen LogP contribution in [0.2, 0.25) is 10.8 Å². The van der Waals surface area contributed by atoms with Crippen molar-refractivity contribution < 1.29 is 4.65 Å². The van der Waals surface area contributed by atoms with Crippen LogP contribution in [0.25, 0.3) is 0 Å². The van der Waals surface area contributed by atoms with Crippen molar-refractivity contribution in [3.8, 4) is 0 Å². The summed E-state index contributed by atoms with van der Waals surface area (Å²) in [5.74, 6) is 0.608. The van der Waals surface area contributed by atoms with Gasteiger partial charge in [0.1, 0.15) is 0 Å². The fourth-order valence-electron chi connectivity index (χ4n) is 2.05. The first kappa shape index (κ1) is 15.7. The molecule has 0 atom stereocenters. The quantitative estimate of drug-likeness (QED) is 0.669. The average Bonchev–Trinajstić information content (AvgIpc) is 3.12. The number of halogens is 1. The van der Waals surface area contributed by atoms with Crippen molar-refractivity contribution in [2.24, 2.45) is 5.41 Å². The summed E-state index contributed by atoms with van der Waals surface area (Å²) in [5.41, 5.74) is 7.45. The lowest BCUT2D eigenvalue weighted by atomic mass is 9.55. The van der Waals surface area contributed by atoms with E-state index in [4.69, 9.17) is 22.0 Å². The molecule has 0 aromatic heterocycles. The number of rotatable bonds is 4. The van der Waals surface area contributed by atoms with Crippen molar-refractivity contribution in [3.63, 3.8) is 0 Å². The molecule has 1 saturated carbocycles. The first-order chi connectivity index (χ1) is 9.12. The maximum Gasteiger partial charge on any atom is 0.330 e. The highest BCUT2D eigenvalue weighted by Gasteiger charge is 2.44. The zero-order chi connectivity index (χ0) is 15.1. The summed E-state index contributed by atoms with van der Waals surface area (Å²) in [6.45, 7) is 11.1. The summed E-state index contributed by atoms with van der Waals surface area (Å²) < 4.78 is 6.51. The first-order valence-electron chi connectivity index (χ1n) is 7.34. The van der Waals surface area contributed by atoms with Crippen LogP contribution in [0.15, 0.2) is 18.2 Å². The molecule has 2 nitrogen and oxygen atoms in total. The van der Waals surface area contributed by atoms with E-state index in [0.29, 0.717) is 16.5 Å². The Hall–Kier alpha value is -0.665. The standard InChI is InChI=1S/C16H25BClNO/c1-15(2,3)16(4,5)20-17(11-6-7-11)12-8-9-14(19)13(18)10-12/h8-11H,6-7,19H2,1-5H3. The topological polar surface area (TPSA) is 35.2 Å². The summed E-state index contributed by atoms with van der Waals surface area (Å²) in [6.07, 6.45) is 2.46. The third-order valence-corrected chi connectivity index (χ3v) is 4.96. The summed E-state index contributed by atoms with van der Waals surface area (Å²) in [7, 11) is 0. The average molecular weight is 294 g/mol. The lowest BCUT2D eigenvalue weighted by Crippen LogP contribution is -2.48. The smallest absolute Gasteiger partial charge is 0.330 e. The molecule has 20 heavy (non-hydrogen) atoms. The minimum absolute atomic E-state index is 0.0811. The van der Waals surface area contributed by atoms with Gasteiger partial charge in [-0.05, 0) is 42.7 Å². The van der Waals surface area contributed by atoms with Crippen LogP contribution in [0, 0.1) is 5.41 Å². The van der Waals surface area contributed by atoms with Gasteiger partial charge in [-0.1, -0.05) is 51.3 Å². The molecule has 1 aliphatic carbocycles. The molecule has 1 aromatic carbocycles. The number of nitrogens with two attached hydrogens (primary N) is 1. The van der Waals surface area contributed by atoms with E-state index in [0.717, 1.165) is 5.46 Å². The SMILES string of the molecule is CC(C)(C)C(C)(C)OB(c1ccc(N)c(Cl)c1)C1CC1. The Balaban J connectivity index is 2.26. The maximum absolute atomic E-state index is 6.51. The molecule has 1 fully saturated rings.